The van der Waals surface area contributed by atoms with Crippen LogP contribution in [0.2, 0.25) is 0 Å². The standard InChI is InChI=1S/C18H15N5OS/c19-12-5-3-4-11(8-12)18-23-15(10-25-18)17(24)20-9-16-21-13-6-1-2-7-14(13)22-16/h1-8,10H,9,19H2,(H,20,24)(H,21,22). The lowest BCUT2D eigenvalue weighted by Crippen LogP contribution is -2.23. The lowest BCUT2D eigenvalue weighted by Gasteiger charge is -2.00. The molecule has 2 heterocycles. The molecule has 0 bridgehead atoms. The van der Waals surface area contributed by atoms with Crippen LogP contribution < -0.4 is 11.1 Å². The van der Waals surface area contributed by atoms with Crippen LogP contribution in [0.4, 0.5) is 5.69 Å². The summed E-state index contributed by atoms with van der Waals surface area (Å²) in [4.78, 5) is 24.3. The summed E-state index contributed by atoms with van der Waals surface area (Å²) in [6.45, 7) is 0.318. The second-order valence-corrected chi connectivity index (χ2v) is 6.40. The van der Waals surface area contributed by atoms with Crippen LogP contribution in [0.25, 0.3) is 21.6 Å². The maximum Gasteiger partial charge on any atom is 0.271 e. The number of hydrogen-bond donors (Lipinski definition) is 3. The van der Waals surface area contributed by atoms with Gasteiger partial charge >= 0.3 is 0 Å². The first kappa shape index (κ1) is 15.3. The number of thiazole rings is 1. The molecule has 0 saturated carbocycles. The molecule has 124 valence electrons. The maximum atomic E-state index is 12.3. The van der Waals surface area contributed by atoms with Crippen LogP contribution >= 0.6 is 11.3 Å². The quantitative estimate of drug-likeness (QED) is 0.493. The molecule has 25 heavy (non-hydrogen) atoms. The number of nitrogens with zero attached hydrogens (tertiary/aromatic N) is 2. The van der Waals surface area contributed by atoms with Crippen LogP contribution in [0.15, 0.2) is 53.9 Å². The molecule has 1 amide bonds. The van der Waals surface area contributed by atoms with Crippen molar-refractivity contribution in [1.82, 2.24) is 20.3 Å². The number of carbonyl (C=O) groups excluding carboxylic acids is 1. The van der Waals surface area contributed by atoms with Crippen LogP contribution in [-0.2, 0) is 6.54 Å². The van der Waals surface area contributed by atoms with E-state index < -0.39 is 0 Å². The molecule has 2 aromatic carbocycles. The first-order chi connectivity index (χ1) is 12.2. The number of imidazole rings is 1. The van der Waals surface area contributed by atoms with E-state index in [1.54, 1.807) is 5.38 Å². The average Bonchev–Trinajstić information content (AvgIpc) is 3.26. The van der Waals surface area contributed by atoms with Crippen molar-refractivity contribution in [3.05, 3.63) is 65.4 Å². The summed E-state index contributed by atoms with van der Waals surface area (Å²) < 4.78 is 0. The molecule has 2 aromatic heterocycles. The van der Waals surface area contributed by atoms with Crippen LogP contribution in [0.1, 0.15) is 16.3 Å². The molecule has 0 unspecified atom stereocenters. The molecule has 4 aromatic rings. The van der Waals surface area contributed by atoms with E-state index in [1.807, 2.05) is 48.5 Å². The Morgan fingerprint density at radius 3 is 2.88 bits per heavy atom. The van der Waals surface area contributed by atoms with Crippen LogP contribution in [0.5, 0.6) is 0 Å². The van der Waals surface area contributed by atoms with Gasteiger partial charge in [-0.05, 0) is 24.3 Å². The Kier molecular flexibility index (Phi) is 3.91. The van der Waals surface area contributed by atoms with Crippen LogP contribution in [0, 0.1) is 0 Å². The number of nitrogen functional groups attached to an aromatic ring is 1. The Morgan fingerprint density at radius 2 is 2.04 bits per heavy atom. The normalized spacial score (nSPS) is 10.9. The maximum absolute atomic E-state index is 12.3. The van der Waals surface area contributed by atoms with E-state index in [9.17, 15) is 4.79 Å². The SMILES string of the molecule is Nc1cccc(-c2nc(C(=O)NCc3nc4ccccc4[nH]3)cs2)c1. The van der Waals surface area contributed by atoms with Crippen LogP contribution in [-0.4, -0.2) is 20.9 Å². The predicted octanol–water partition coefficient (Wildman–Crippen LogP) is 3.20. The monoisotopic (exact) mass is 349 g/mol. The lowest BCUT2D eigenvalue weighted by atomic mass is 10.2. The van der Waals surface area contributed by atoms with Gasteiger partial charge in [-0.3, -0.25) is 4.79 Å². The average molecular weight is 349 g/mol. The third-order valence-corrected chi connectivity index (χ3v) is 4.62. The van der Waals surface area contributed by atoms with E-state index in [-0.39, 0.29) is 5.91 Å². The van der Waals surface area contributed by atoms with Crippen molar-refractivity contribution in [2.75, 3.05) is 5.73 Å². The number of nitrogens with two attached hydrogens (primary N) is 1. The van der Waals surface area contributed by atoms with Crippen molar-refractivity contribution in [1.29, 1.82) is 0 Å². The topological polar surface area (TPSA) is 96.7 Å². The molecule has 0 spiro atoms. The molecule has 4 rings (SSSR count). The second-order valence-electron chi connectivity index (χ2n) is 5.55. The Balaban J connectivity index is 1.46. The number of carbonyl (C=O) groups is 1. The number of rotatable bonds is 4. The molecule has 0 aliphatic heterocycles. The third-order valence-electron chi connectivity index (χ3n) is 3.73. The molecule has 0 saturated heterocycles. The summed E-state index contributed by atoms with van der Waals surface area (Å²) in [5.41, 5.74) is 9.58. The summed E-state index contributed by atoms with van der Waals surface area (Å²) >= 11 is 1.41. The van der Waals surface area contributed by atoms with Crippen molar-refractivity contribution in [3.63, 3.8) is 0 Å². The van der Waals surface area contributed by atoms with E-state index in [4.69, 9.17) is 5.73 Å². The lowest BCUT2D eigenvalue weighted by molar-refractivity contribution is 0.0946. The van der Waals surface area contributed by atoms with E-state index in [1.165, 1.54) is 11.3 Å². The highest BCUT2D eigenvalue weighted by Gasteiger charge is 2.12. The van der Waals surface area contributed by atoms with E-state index in [2.05, 4.69) is 20.3 Å². The van der Waals surface area contributed by atoms with E-state index in [0.29, 0.717) is 23.8 Å². The molecule has 0 aliphatic rings. The zero-order chi connectivity index (χ0) is 17.2. The number of benzene rings is 2. The number of aromatic nitrogens is 3. The molecule has 0 fully saturated rings. The number of nitrogens with one attached hydrogen (secondary N) is 2. The molecule has 7 heteroatoms. The van der Waals surface area contributed by atoms with E-state index in [0.717, 1.165) is 21.6 Å². The first-order valence-corrected chi connectivity index (χ1v) is 8.60. The number of anilines is 1. The van der Waals surface area contributed by atoms with Gasteiger partial charge in [0.05, 0.1) is 17.6 Å². The van der Waals surface area contributed by atoms with Gasteiger partial charge < -0.3 is 16.0 Å². The van der Waals surface area contributed by atoms with Gasteiger partial charge in [-0.25, -0.2) is 9.97 Å². The van der Waals surface area contributed by atoms with Crippen molar-refractivity contribution in [2.45, 2.75) is 6.54 Å². The Bertz CT molecular complexity index is 1020. The van der Waals surface area contributed by atoms with Gasteiger partial charge in [-0.15, -0.1) is 11.3 Å². The number of amides is 1. The number of hydrogen-bond acceptors (Lipinski definition) is 5. The molecular weight excluding hydrogens is 334 g/mol. The summed E-state index contributed by atoms with van der Waals surface area (Å²) in [5, 5.41) is 5.35. The molecular formula is C18H15N5OS. The van der Waals surface area contributed by atoms with Gasteiger partial charge in [0.15, 0.2) is 0 Å². The summed E-state index contributed by atoms with van der Waals surface area (Å²) in [7, 11) is 0. The summed E-state index contributed by atoms with van der Waals surface area (Å²) in [6.07, 6.45) is 0. The van der Waals surface area contributed by atoms with Crippen molar-refractivity contribution in [3.8, 4) is 10.6 Å². The molecule has 0 aliphatic carbocycles. The van der Waals surface area contributed by atoms with Crippen LogP contribution in [0.3, 0.4) is 0 Å². The summed E-state index contributed by atoms with van der Waals surface area (Å²) in [5.74, 6) is 0.479. The summed E-state index contributed by atoms with van der Waals surface area (Å²) in [6, 6.07) is 15.2. The Labute approximate surface area is 147 Å². The fraction of sp³-hybridized carbons (Fsp3) is 0.0556. The number of para-hydroxylation sites is 2. The highest BCUT2D eigenvalue weighted by Crippen LogP contribution is 2.25. The van der Waals surface area contributed by atoms with Crippen molar-refractivity contribution < 1.29 is 4.79 Å². The molecule has 4 N–H and O–H groups in total. The highest BCUT2D eigenvalue weighted by atomic mass is 32.1. The first-order valence-electron chi connectivity index (χ1n) is 7.72. The predicted molar refractivity (Wildman–Crippen MR) is 99.2 cm³/mol. The minimum atomic E-state index is -0.230. The van der Waals surface area contributed by atoms with Gasteiger partial charge in [-0.1, -0.05) is 24.3 Å². The van der Waals surface area contributed by atoms with Gasteiger partial charge in [0, 0.05) is 16.6 Å². The number of aromatic amines is 1. The fourth-order valence-corrected chi connectivity index (χ4v) is 3.32. The fourth-order valence-electron chi connectivity index (χ4n) is 2.53. The van der Waals surface area contributed by atoms with Crippen molar-refractivity contribution >= 4 is 34.0 Å². The second kappa shape index (κ2) is 6.37. The highest BCUT2D eigenvalue weighted by molar-refractivity contribution is 7.13. The zero-order valence-corrected chi connectivity index (χ0v) is 14.0. The zero-order valence-electron chi connectivity index (χ0n) is 13.2. The Hall–Kier alpha value is -3.19. The number of fused-ring (bicyclic) bond motifs is 1. The minimum absolute atomic E-state index is 0.230. The van der Waals surface area contributed by atoms with Gasteiger partial charge in [0.1, 0.15) is 16.5 Å². The largest absolute Gasteiger partial charge is 0.399 e. The minimum Gasteiger partial charge on any atom is -0.399 e. The van der Waals surface area contributed by atoms with Gasteiger partial charge in [0.2, 0.25) is 0 Å². The Morgan fingerprint density at radius 1 is 1.16 bits per heavy atom. The smallest absolute Gasteiger partial charge is 0.271 e. The molecule has 0 radical (unpaired) electrons. The van der Waals surface area contributed by atoms with E-state index >= 15 is 0 Å². The van der Waals surface area contributed by atoms with Gasteiger partial charge in [0.25, 0.3) is 5.91 Å². The van der Waals surface area contributed by atoms with Crippen molar-refractivity contribution in [2.24, 2.45) is 0 Å². The van der Waals surface area contributed by atoms with Gasteiger partial charge in [-0.2, -0.15) is 0 Å². The molecule has 0 atom stereocenters. The third kappa shape index (κ3) is 3.22. The number of H-pyrrole nitrogens is 1. The molecule has 6 nitrogen and oxygen atoms in total.